The van der Waals surface area contributed by atoms with Gasteiger partial charge in [-0.05, 0) is 6.92 Å². The first-order valence-electron chi connectivity index (χ1n) is 25.9. The Bertz CT molecular complexity index is 1990. The number of hydrogen-bond acceptors (Lipinski definition) is 34. The number of carbonyl (C=O) groups excluding carboxylic acids is 2. The molecule has 7 rings (SSSR count). The predicted molar refractivity (Wildman–Crippen MR) is 248 cm³/mol. The molecule has 36 heteroatoms. The lowest BCUT2D eigenvalue weighted by Crippen LogP contribution is -2.71. The maximum absolute atomic E-state index is 13.0. The highest BCUT2D eigenvalue weighted by Crippen LogP contribution is 2.39. The molecule has 0 aromatic heterocycles. The molecule has 0 aromatic rings. The molecule has 7 fully saturated rings. The molecular weight excluding hydrogens is 1110 g/mol. The lowest BCUT2D eigenvalue weighted by Gasteiger charge is -2.52. The van der Waals surface area contributed by atoms with Crippen molar-refractivity contribution in [3.8, 4) is 0 Å². The second kappa shape index (κ2) is 28.4. The van der Waals surface area contributed by atoms with E-state index in [2.05, 4.69) is 10.6 Å². The summed E-state index contributed by atoms with van der Waals surface area (Å²) in [5.74, 6) is -1.71. The number of amides is 2. The first kappa shape index (κ1) is 66.2. The van der Waals surface area contributed by atoms with Gasteiger partial charge in [0.05, 0.1) is 45.7 Å². The molecule has 0 spiro atoms. The van der Waals surface area contributed by atoms with Crippen LogP contribution < -0.4 is 10.6 Å². The van der Waals surface area contributed by atoms with Crippen molar-refractivity contribution in [1.82, 2.24) is 10.6 Å². The van der Waals surface area contributed by atoms with Gasteiger partial charge in [0.2, 0.25) is 11.8 Å². The second-order valence-electron chi connectivity index (χ2n) is 20.6. The van der Waals surface area contributed by atoms with E-state index in [0.717, 1.165) is 13.8 Å². The Morgan fingerprint density at radius 2 is 0.728 bits per heavy atom. The van der Waals surface area contributed by atoms with Crippen LogP contribution in [-0.2, 0) is 71.2 Å². The second-order valence-corrected chi connectivity index (χ2v) is 20.6. The summed E-state index contributed by atoms with van der Waals surface area (Å²) in [4.78, 5) is 25.5. The number of hydrogen-bond donors (Lipinski definition) is 21. The molecule has 0 bridgehead atoms. The van der Waals surface area contributed by atoms with Gasteiger partial charge in [-0.15, -0.1) is 0 Å². The van der Waals surface area contributed by atoms with E-state index in [4.69, 9.17) is 61.6 Å². The number of nitrogens with one attached hydrogen (secondary N) is 2. The molecular formula is C45H76N2O34. The smallest absolute Gasteiger partial charge is 0.217 e. The van der Waals surface area contributed by atoms with Crippen LogP contribution in [0.15, 0.2) is 0 Å². The van der Waals surface area contributed by atoms with E-state index in [0.29, 0.717) is 0 Å². The summed E-state index contributed by atoms with van der Waals surface area (Å²) < 4.78 is 76.5. The zero-order chi connectivity index (χ0) is 59.6. The van der Waals surface area contributed by atoms with Gasteiger partial charge in [0.15, 0.2) is 44.0 Å². The van der Waals surface area contributed by atoms with Crippen molar-refractivity contribution in [2.45, 2.75) is 229 Å². The van der Waals surface area contributed by atoms with Crippen molar-refractivity contribution in [2.75, 3.05) is 39.6 Å². The number of rotatable bonds is 20. The Morgan fingerprint density at radius 1 is 0.346 bits per heavy atom. The molecule has 7 saturated heterocycles. The first-order valence-corrected chi connectivity index (χ1v) is 25.9. The number of aliphatic hydroxyl groups excluding tert-OH is 19. The summed E-state index contributed by atoms with van der Waals surface area (Å²) in [6.45, 7) is -2.56. The normalized spacial score (nSPS) is 50.7. The van der Waals surface area contributed by atoms with Crippen LogP contribution in [0.5, 0.6) is 0 Å². The molecule has 7 heterocycles. The van der Waals surface area contributed by atoms with Crippen molar-refractivity contribution in [2.24, 2.45) is 0 Å². The highest BCUT2D eigenvalue weighted by molar-refractivity contribution is 5.73. The molecule has 0 aromatic carbocycles. The van der Waals surface area contributed by atoms with Crippen LogP contribution in [0.1, 0.15) is 20.8 Å². The minimum atomic E-state index is -2.29. The quantitative estimate of drug-likeness (QED) is 0.0538. The molecule has 81 heavy (non-hydrogen) atoms. The van der Waals surface area contributed by atoms with Crippen LogP contribution >= 0.6 is 0 Å². The first-order chi connectivity index (χ1) is 38.3. The van der Waals surface area contributed by atoms with E-state index in [1.807, 2.05) is 0 Å². The van der Waals surface area contributed by atoms with Crippen LogP contribution in [0.3, 0.4) is 0 Å². The molecule has 34 atom stereocenters. The van der Waals surface area contributed by atoms with Gasteiger partial charge in [0, 0.05) is 13.8 Å². The maximum Gasteiger partial charge on any atom is 0.217 e. The highest BCUT2D eigenvalue weighted by Gasteiger charge is 2.59. The van der Waals surface area contributed by atoms with Crippen LogP contribution in [0.4, 0.5) is 0 Å². The fraction of sp³-hybridized carbons (Fsp3) is 0.956. The van der Waals surface area contributed by atoms with E-state index < -0.39 is 260 Å². The number of aliphatic hydroxyl groups is 19. The third kappa shape index (κ3) is 14.2. The average molecular weight is 1190 g/mol. The lowest BCUT2D eigenvalue weighted by molar-refractivity contribution is -0.407. The maximum atomic E-state index is 13.0. The van der Waals surface area contributed by atoms with Crippen LogP contribution in [0.25, 0.3) is 0 Å². The van der Waals surface area contributed by atoms with E-state index in [1.165, 1.54) is 6.92 Å². The zero-order valence-electron chi connectivity index (χ0n) is 43.5. The summed E-state index contributed by atoms with van der Waals surface area (Å²) in [6, 6.07) is -3.58. The molecule has 0 aliphatic carbocycles. The Balaban J connectivity index is 1.26. The summed E-state index contributed by atoms with van der Waals surface area (Å²) in [6.07, 6.45) is -61.8. The fourth-order valence-electron chi connectivity index (χ4n) is 10.4. The van der Waals surface area contributed by atoms with Gasteiger partial charge in [-0.1, -0.05) is 0 Å². The summed E-state index contributed by atoms with van der Waals surface area (Å²) >= 11 is 0. The van der Waals surface area contributed by atoms with Gasteiger partial charge < -0.3 is 169 Å². The average Bonchev–Trinajstić information content (AvgIpc) is 3.77. The van der Waals surface area contributed by atoms with Gasteiger partial charge in [0.25, 0.3) is 0 Å². The predicted octanol–water partition coefficient (Wildman–Crippen LogP) is -14.3. The van der Waals surface area contributed by atoms with E-state index in [1.54, 1.807) is 0 Å². The third-order valence-corrected chi connectivity index (χ3v) is 14.9. The number of ether oxygens (including phenoxy) is 13. The molecule has 470 valence electrons. The van der Waals surface area contributed by atoms with E-state index in [-0.39, 0.29) is 0 Å². The molecule has 7 aliphatic rings. The standard InChI is InChI=1S/C45H76N2O34/c1-10-21(55)27(61)31(65)42(70-10)79-36-20(47-12(3)54)39(68)71-17(8-52)35(36)78-40-19(46-11(2)53)26(60)34(16(7-51)75-40)77-45-38(81-44-33(67)29(63)23(57)14(5-49)74-44)37(80-43-32(66)28(62)22(56)13(4-48)73-43)25(59)18(76-45)9-69-41-30(64)24(58)15(6-50)72-41/h10,13-45,48-52,55-68H,4-9H2,1-3H3,(H,46,53)(H,47,54)/t10-,13+,14+,15+,16+,17+,18+,19+,20+,21+,22+,23+,24-,25+,26+,27+,28-,29-,30+,31-,32-,33-,34+,35+,36+,37-,38-,39+,40-,41+,42-,43+,44+,45+/m0/s1. The van der Waals surface area contributed by atoms with Crippen LogP contribution in [0, 0.1) is 0 Å². The Hall–Kier alpha value is -2.34. The molecule has 36 nitrogen and oxygen atoms in total. The van der Waals surface area contributed by atoms with Crippen molar-refractivity contribution >= 4 is 11.8 Å². The fourth-order valence-corrected chi connectivity index (χ4v) is 10.4. The van der Waals surface area contributed by atoms with Gasteiger partial charge in [0.1, 0.15) is 159 Å². The Morgan fingerprint density at radius 3 is 1.25 bits per heavy atom. The molecule has 7 aliphatic heterocycles. The van der Waals surface area contributed by atoms with Gasteiger partial charge >= 0.3 is 0 Å². The Kier molecular flexibility index (Phi) is 23.2. The molecule has 2 amide bonds. The van der Waals surface area contributed by atoms with Crippen LogP contribution in [-0.4, -0.2) is 357 Å². The molecule has 21 N–H and O–H groups in total. The largest absolute Gasteiger partial charge is 0.394 e. The molecule has 0 saturated carbocycles. The SMILES string of the molecule is CC(=O)N[C@@H]1[C@@H](O[C@@H]2O[C@@H](C)[C@@H](O)[C@@H](O)[C@@H]2O)[C@H](O[C@@H]2O[C@H](CO)[C@@H](O[C@H]3O[C@H](CO[C@@H]4O[C@H](CO)[C@H](O)[C@H]4O)[C@@H](O)[C@H](O[C@H]4O[C@H](CO)[C@@H](O)[C@H](O)[C@@H]4O)[C@@H]3O[C@H]3O[C@H](CO)[C@@H](O)[C@H](O)[C@@H]3O)[C@H](O)[C@H]2NC(C)=O)[C@@H](CO)O[C@H]1O. The minimum Gasteiger partial charge on any atom is -0.394 e. The van der Waals surface area contributed by atoms with Crippen LogP contribution in [0.2, 0.25) is 0 Å². The highest BCUT2D eigenvalue weighted by atomic mass is 16.8. The van der Waals surface area contributed by atoms with Crippen molar-refractivity contribution in [1.29, 1.82) is 0 Å². The molecule has 0 unspecified atom stereocenters. The lowest BCUT2D eigenvalue weighted by atomic mass is 9.93. The number of carbonyl (C=O) groups is 2. The van der Waals surface area contributed by atoms with Gasteiger partial charge in [-0.3, -0.25) is 9.59 Å². The topological polar surface area (TPSA) is 563 Å². The summed E-state index contributed by atoms with van der Waals surface area (Å²) in [5, 5.41) is 210. The van der Waals surface area contributed by atoms with Gasteiger partial charge in [-0.2, -0.15) is 0 Å². The van der Waals surface area contributed by atoms with E-state index in [9.17, 15) is 107 Å². The van der Waals surface area contributed by atoms with Crippen molar-refractivity contribution < 1.29 is 168 Å². The Labute approximate surface area is 459 Å². The minimum absolute atomic E-state index is 0.799. The summed E-state index contributed by atoms with van der Waals surface area (Å²) in [7, 11) is 0. The van der Waals surface area contributed by atoms with E-state index >= 15 is 0 Å². The summed E-state index contributed by atoms with van der Waals surface area (Å²) in [5.41, 5.74) is 0. The molecule has 0 radical (unpaired) electrons. The monoisotopic (exact) mass is 1190 g/mol. The van der Waals surface area contributed by atoms with Gasteiger partial charge in [-0.25, -0.2) is 0 Å². The zero-order valence-corrected chi connectivity index (χ0v) is 43.5. The van der Waals surface area contributed by atoms with Crippen molar-refractivity contribution in [3.05, 3.63) is 0 Å². The third-order valence-electron chi connectivity index (χ3n) is 14.9. The van der Waals surface area contributed by atoms with Crippen molar-refractivity contribution in [3.63, 3.8) is 0 Å².